The molecular formula is C5H10INS. The van der Waals surface area contributed by atoms with Gasteiger partial charge in [-0.05, 0) is 0 Å². The molecule has 3 heteroatoms. The summed E-state index contributed by atoms with van der Waals surface area (Å²) < 4.78 is 2.28. The van der Waals surface area contributed by atoms with E-state index in [-0.39, 0.29) is 24.0 Å². The SMILES string of the molecule is CC1=[N+](C)CCS1.[I-]. The molecule has 0 aliphatic carbocycles. The highest BCUT2D eigenvalue weighted by Crippen LogP contribution is 2.08. The molecule has 1 heterocycles. The van der Waals surface area contributed by atoms with Crippen LogP contribution in [0.25, 0.3) is 0 Å². The van der Waals surface area contributed by atoms with Gasteiger partial charge < -0.3 is 24.0 Å². The van der Waals surface area contributed by atoms with Crippen molar-refractivity contribution in [3.8, 4) is 0 Å². The van der Waals surface area contributed by atoms with Gasteiger partial charge in [-0.25, -0.2) is 4.58 Å². The van der Waals surface area contributed by atoms with Crippen molar-refractivity contribution in [1.82, 2.24) is 0 Å². The quantitative estimate of drug-likeness (QED) is 0.344. The maximum Gasteiger partial charge on any atom is 0.207 e. The first-order valence-electron chi connectivity index (χ1n) is 2.48. The van der Waals surface area contributed by atoms with Crippen molar-refractivity contribution in [3.63, 3.8) is 0 Å². The van der Waals surface area contributed by atoms with Gasteiger partial charge in [-0.3, -0.25) is 0 Å². The molecule has 0 aromatic rings. The third-order valence-electron chi connectivity index (χ3n) is 1.28. The van der Waals surface area contributed by atoms with Gasteiger partial charge in [0.15, 0.2) is 6.54 Å². The highest BCUT2D eigenvalue weighted by atomic mass is 127. The first kappa shape index (κ1) is 8.75. The van der Waals surface area contributed by atoms with Crippen molar-refractivity contribution in [2.75, 3.05) is 19.3 Å². The van der Waals surface area contributed by atoms with Crippen molar-refractivity contribution >= 4 is 16.8 Å². The van der Waals surface area contributed by atoms with E-state index in [0.717, 1.165) is 0 Å². The van der Waals surface area contributed by atoms with Crippen LogP contribution in [0.4, 0.5) is 0 Å². The second-order valence-corrected chi connectivity index (χ2v) is 3.08. The number of nitrogens with zero attached hydrogens (tertiary/aromatic N) is 1. The predicted molar refractivity (Wildman–Crippen MR) is 34.2 cm³/mol. The van der Waals surface area contributed by atoms with E-state index < -0.39 is 0 Å². The molecule has 0 aromatic carbocycles. The minimum Gasteiger partial charge on any atom is -1.00 e. The Kier molecular flexibility index (Phi) is 4.06. The summed E-state index contributed by atoms with van der Waals surface area (Å²) in [6.45, 7) is 3.40. The van der Waals surface area contributed by atoms with Crippen LogP contribution in [0, 0.1) is 0 Å². The van der Waals surface area contributed by atoms with Crippen molar-refractivity contribution in [2.45, 2.75) is 6.92 Å². The Bertz CT molecular complexity index is 99.0. The maximum atomic E-state index is 2.28. The Labute approximate surface area is 71.6 Å². The van der Waals surface area contributed by atoms with Crippen LogP contribution in [0.3, 0.4) is 0 Å². The molecule has 0 atom stereocenters. The fourth-order valence-corrected chi connectivity index (χ4v) is 1.57. The third-order valence-corrected chi connectivity index (χ3v) is 2.39. The lowest BCUT2D eigenvalue weighted by Crippen LogP contribution is -3.00. The van der Waals surface area contributed by atoms with Crippen LogP contribution in [-0.2, 0) is 0 Å². The third kappa shape index (κ3) is 1.93. The number of hydrogen-bond donors (Lipinski definition) is 0. The molecule has 1 aliphatic rings. The minimum atomic E-state index is 0. The minimum absolute atomic E-state index is 0. The zero-order valence-electron chi connectivity index (χ0n) is 5.15. The van der Waals surface area contributed by atoms with Crippen LogP contribution in [0.15, 0.2) is 0 Å². The Morgan fingerprint density at radius 2 is 2.25 bits per heavy atom. The van der Waals surface area contributed by atoms with Crippen LogP contribution >= 0.6 is 11.8 Å². The lowest BCUT2D eigenvalue weighted by atomic mass is 10.7. The Balaban J connectivity index is 0.000000490. The van der Waals surface area contributed by atoms with E-state index in [2.05, 4.69) is 18.5 Å². The summed E-state index contributed by atoms with van der Waals surface area (Å²) in [5.41, 5.74) is 0. The van der Waals surface area contributed by atoms with E-state index in [1.165, 1.54) is 17.3 Å². The topological polar surface area (TPSA) is 3.01 Å². The van der Waals surface area contributed by atoms with Gasteiger partial charge in [-0.2, -0.15) is 0 Å². The Hall–Kier alpha value is 0.750. The lowest BCUT2D eigenvalue weighted by molar-refractivity contribution is -0.486. The summed E-state index contributed by atoms with van der Waals surface area (Å²) >= 11 is 1.95. The van der Waals surface area contributed by atoms with Crippen LogP contribution in [-0.4, -0.2) is 29.0 Å². The summed E-state index contributed by atoms with van der Waals surface area (Å²) in [5, 5.41) is 1.46. The van der Waals surface area contributed by atoms with Crippen LogP contribution in [0.5, 0.6) is 0 Å². The first-order valence-corrected chi connectivity index (χ1v) is 3.47. The summed E-state index contributed by atoms with van der Waals surface area (Å²) in [6.07, 6.45) is 0. The molecular weight excluding hydrogens is 233 g/mol. The van der Waals surface area contributed by atoms with E-state index in [1.54, 1.807) is 0 Å². The molecule has 0 fully saturated rings. The molecule has 0 saturated heterocycles. The second kappa shape index (κ2) is 3.71. The second-order valence-electron chi connectivity index (χ2n) is 1.79. The van der Waals surface area contributed by atoms with E-state index in [4.69, 9.17) is 0 Å². The summed E-state index contributed by atoms with van der Waals surface area (Å²) in [4.78, 5) is 0. The van der Waals surface area contributed by atoms with Gasteiger partial charge in [-0.15, -0.1) is 0 Å². The molecule has 0 bridgehead atoms. The average molecular weight is 243 g/mol. The Morgan fingerprint density at radius 3 is 2.38 bits per heavy atom. The fourth-order valence-electron chi connectivity index (χ4n) is 0.598. The number of thioether (sulfide) groups is 1. The van der Waals surface area contributed by atoms with Crippen molar-refractivity contribution in [2.24, 2.45) is 0 Å². The normalized spacial score (nSPS) is 18.8. The Morgan fingerprint density at radius 1 is 1.62 bits per heavy atom. The van der Waals surface area contributed by atoms with Gasteiger partial charge in [0.25, 0.3) is 0 Å². The lowest BCUT2D eigenvalue weighted by Gasteiger charge is -1.81. The molecule has 0 radical (unpaired) electrons. The molecule has 48 valence electrons. The van der Waals surface area contributed by atoms with Gasteiger partial charge >= 0.3 is 0 Å². The van der Waals surface area contributed by atoms with Gasteiger partial charge in [0.1, 0.15) is 7.05 Å². The molecule has 1 nitrogen and oxygen atoms in total. The van der Waals surface area contributed by atoms with Crippen LogP contribution in [0.1, 0.15) is 6.92 Å². The molecule has 0 amide bonds. The van der Waals surface area contributed by atoms with E-state index in [1.807, 2.05) is 11.8 Å². The smallest absolute Gasteiger partial charge is 0.207 e. The van der Waals surface area contributed by atoms with E-state index in [0.29, 0.717) is 0 Å². The van der Waals surface area contributed by atoms with E-state index in [9.17, 15) is 0 Å². The maximum absolute atomic E-state index is 2.28. The fraction of sp³-hybridized carbons (Fsp3) is 0.800. The monoisotopic (exact) mass is 243 g/mol. The molecule has 1 rings (SSSR count). The van der Waals surface area contributed by atoms with Gasteiger partial charge in [0.2, 0.25) is 5.04 Å². The van der Waals surface area contributed by atoms with Crippen LogP contribution in [0.2, 0.25) is 0 Å². The zero-order valence-corrected chi connectivity index (χ0v) is 8.12. The van der Waals surface area contributed by atoms with Crippen molar-refractivity contribution < 1.29 is 28.6 Å². The molecule has 0 spiro atoms. The van der Waals surface area contributed by atoms with Crippen molar-refractivity contribution in [1.29, 1.82) is 0 Å². The molecule has 0 N–H and O–H groups in total. The summed E-state index contributed by atoms with van der Waals surface area (Å²) in [6, 6.07) is 0. The van der Waals surface area contributed by atoms with Crippen LogP contribution < -0.4 is 24.0 Å². The number of halogens is 1. The number of hydrogen-bond acceptors (Lipinski definition) is 1. The van der Waals surface area contributed by atoms with Gasteiger partial charge in [0.05, 0.1) is 5.75 Å². The highest BCUT2D eigenvalue weighted by Gasteiger charge is 2.12. The average Bonchev–Trinajstić information content (AvgIpc) is 1.91. The molecule has 0 aromatic heterocycles. The largest absolute Gasteiger partial charge is 1.00 e. The molecule has 8 heavy (non-hydrogen) atoms. The highest BCUT2D eigenvalue weighted by molar-refractivity contribution is 8.13. The van der Waals surface area contributed by atoms with Crippen molar-refractivity contribution in [3.05, 3.63) is 0 Å². The van der Waals surface area contributed by atoms with Gasteiger partial charge in [-0.1, -0.05) is 11.8 Å². The standard InChI is InChI=1S/C5H10NS.HI/c1-5-6(2)3-4-7-5;/h3-4H2,1-2H3;1H/q+1;/p-1. The zero-order chi connectivity index (χ0) is 5.28. The predicted octanol–water partition coefficient (Wildman–Crippen LogP) is -2.20. The van der Waals surface area contributed by atoms with Gasteiger partial charge in [0, 0.05) is 6.92 Å². The molecule has 0 saturated carbocycles. The van der Waals surface area contributed by atoms with E-state index >= 15 is 0 Å². The molecule has 0 unspecified atom stereocenters. The summed E-state index contributed by atoms with van der Waals surface area (Å²) in [5.74, 6) is 1.28. The molecule has 1 aliphatic heterocycles. The number of rotatable bonds is 0. The summed E-state index contributed by atoms with van der Waals surface area (Å²) in [7, 11) is 2.13. The first-order chi connectivity index (χ1) is 3.30.